The predicted octanol–water partition coefficient (Wildman–Crippen LogP) is 6.45. The first-order valence-corrected chi connectivity index (χ1v) is 9.73. The van der Waals surface area contributed by atoms with Crippen LogP contribution in [0.15, 0.2) is 66.7 Å². The van der Waals surface area contributed by atoms with Gasteiger partial charge in [-0.25, -0.2) is 4.79 Å². The molecule has 3 aromatic carbocycles. The fraction of sp³-hybridized carbons (Fsp3) is 0.0909. The van der Waals surface area contributed by atoms with Gasteiger partial charge in [-0.1, -0.05) is 54.4 Å². The Balaban J connectivity index is 1.67. The highest BCUT2D eigenvalue weighted by Gasteiger charge is 2.10. The lowest BCUT2D eigenvalue weighted by Crippen LogP contribution is -2.20. The number of benzene rings is 3. The summed E-state index contributed by atoms with van der Waals surface area (Å²) in [5.74, 6) is -0.354. The van der Waals surface area contributed by atoms with E-state index >= 15 is 0 Å². The largest absolute Gasteiger partial charge is 0.323 e. The number of amides is 3. The summed E-state index contributed by atoms with van der Waals surface area (Å²) < 4.78 is 0. The van der Waals surface area contributed by atoms with Crippen molar-refractivity contribution in [3.63, 3.8) is 0 Å². The van der Waals surface area contributed by atoms with Gasteiger partial charge in [-0.15, -0.1) is 0 Å². The zero-order valence-corrected chi connectivity index (χ0v) is 17.1. The molecule has 0 spiro atoms. The van der Waals surface area contributed by atoms with Crippen molar-refractivity contribution < 1.29 is 9.59 Å². The Bertz CT molecular complexity index is 1030. The van der Waals surface area contributed by atoms with Gasteiger partial charge in [0, 0.05) is 32.7 Å². The molecule has 0 aliphatic carbocycles. The van der Waals surface area contributed by atoms with Crippen LogP contribution in [0.1, 0.15) is 22.8 Å². The number of para-hydroxylation sites is 1. The van der Waals surface area contributed by atoms with Crippen LogP contribution in [0.3, 0.4) is 0 Å². The molecule has 7 heteroatoms. The third-order valence-corrected chi connectivity index (χ3v) is 4.59. The van der Waals surface area contributed by atoms with Gasteiger partial charge in [-0.3, -0.25) is 4.79 Å². The van der Waals surface area contributed by atoms with Crippen molar-refractivity contribution in [3.05, 3.63) is 87.9 Å². The molecular formula is C22H19Cl2N3O2. The van der Waals surface area contributed by atoms with Crippen LogP contribution in [0.2, 0.25) is 10.0 Å². The summed E-state index contributed by atoms with van der Waals surface area (Å²) in [6.07, 6.45) is 0.811. The smallest absolute Gasteiger partial charge is 0.322 e. The number of nitrogens with one attached hydrogen (secondary N) is 3. The van der Waals surface area contributed by atoms with Crippen LogP contribution < -0.4 is 16.0 Å². The van der Waals surface area contributed by atoms with E-state index in [9.17, 15) is 9.59 Å². The number of rotatable bonds is 5. The summed E-state index contributed by atoms with van der Waals surface area (Å²) in [4.78, 5) is 24.8. The number of anilines is 3. The Hall–Kier alpha value is -3.02. The highest BCUT2D eigenvalue weighted by atomic mass is 35.5. The molecule has 0 unspecified atom stereocenters. The minimum absolute atomic E-state index is 0.342. The summed E-state index contributed by atoms with van der Waals surface area (Å²) in [5.41, 5.74) is 3.21. The number of carbonyl (C=O) groups is 2. The molecule has 148 valence electrons. The van der Waals surface area contributed by atoms with E-state index in [4.69, 9.17) is 23.2 Å². The fourth-order valence-electron chi connectivity index (χ4n) is 2.80. The molecule has 0 saturated carbocycles. The summed E-state index contributed by atoms with van der Waals surface area (Å²) in [5, 5.41) is 9.13. The molecule has 3 N–H and O–H groups in total. The second kappa shape index (κ2) is 9.45. The molecule has 0 bridgehead atoms. The number of hydrogen-bond acceptors (Lipinski definition) is 2. The highest BCUT2D eigenvalue weighted by molar-refractivity contribution is 6.35. The van der Waals surface area contributed by atoms with Gasteiger partial charge in [0.1, 0.15) is 0 Å². The topological polar surface area (TPSA) is 70.2 Å². The standard InChI is InChI=1S/C22H19Cl2N3O2/c1-2-14-6-3-4-9-20(14)27-22(29)26-19-8-5-7-18(13-19)25-21(28)15-10-16(23)12-17(24)11-15/h3-13H,2H2,1H3,(H,25,28)(H2,26,27,29). The highest BCUT2D eigenvalue weighted by Crippen LogP contribution is 2.22. The van der Waals surface area contributed by atoms with Crippen LogP contribution in [-0.4, -0.2) is 11.9 Å². The second-order valence-corrected chi connectivity index (χ2v) is 7.16. The molecule has 3 aromatic rings. The van der Waals surface area contributed by atoms with Crippen LogP contribution in [0, 0.1) is 0 Å². The second-order valence-electron chi connectivity index (χ2n) is 6.28. The third-order valence-electron chi connectivity index (χ3n) is 4.15. The SMILES string of the molecule is CCc1ccccc1NC(=O)Nc1cccc(NC(=O)c2cc(Cl)cc(Cl)c2)c1. The van der Waals surface area contributed by atoms with E-state index in [1.807, 2.05) is 31.2 Å². The summed E-state index contributed by atoms with van der Waals surface area (Å²) >= 11 is 11.9. The van der Waals surface area contributed by atoms with E-state index in [2.05, 4.69) is 16.0 Å². The average molecular weight is 428 g/mol. The molecule has 29 heavy (non-hydrogen) atoms. The number of urea groups is 1. The molecule has 0 radical (unpaired) electrons. The van der Waals surface area contributed by atoms with Crippen LogP contribution in [-0.2, 0) is 6.42 Å². The maximum Gasteiger partial charge on any atom is 0.323 e. The lowest BCUT2D eigenvalue weighted by Gasteiger charge is -2.12. The van der Waals surface area contributed by atoms with Crippen LogP contribution in [0.4, 0.5) is 21.9 Å². The van der Waals surface area contributed by atoms with Gasteiger partial charge in [0.2, 0.25) is 0 Å². The molecule has 3 rings (SSSR count). The van der Waals surface area contributed by atoms with Crippen molar-refractivity contribution >= 4 is 52.2 Å². The molecule has 0 aromatic heterocycles. The average Bonchev–Trinajstić information content (AvgIpc) is 2.68. The van der Waals surface area contributed by atoms with E-state index in [1.165, 1.54) is 12.1 Å². The molecule has 3 amide bonds. The molecule has 0 aliphatic heterocycles. The fourth-order valence-corrected chi connectivity index (χ4v) is 3.32. The first-order valence-electron chi connectivity index (χ1n) is 8.98. The van der Waals surface area contributed by atoms with Crippen LogP contribution in [0.25, 0.3) is 0 Å². The van der Waals surface area contributed by atoms with Crippen molar-refractivity contribution in [2.45, 2.75) is 13.3 Å². The summed E-state index contributed by atoms with van der Waals surface area (Å²) in [6, 6.07) is 18.7. The van der Waals surface area contributed by atoms with E-state index in [0.717, 1.165) is 17.7 Å². The molecule has 5 nitrogen and oxygen atoms in total. The van der Waals surface area contributed by atoms with Gasteiger partial charge in [0.15, 0.2) is 0 Å². The van der Waals surface area contributed by atoms with Crippen molar-refractivity contribution in [1.82, 2.24) is 0 Å². The Morgan fingerprint density at radius 3 is 2.14 bits per heavy atom. The van der Waals surface area contributed by atoms with Gasteiger partial charge >= 0.3 is 6.03 Å². The summed E-state index contributed by atoms with van der Waals surface area (Å²) in [6.45, 7) is 2.03. The van der Waals surface area contributed by atoms with Gasteiger partial charge in [0.05, 0.1) is 0 Å². The van der Waals surface area contributed by atoms with E-state index < -0.39 is 0 Å². The Labute approximate surface area is 179 Å². The molecule has 0 heterocycles. The quantitative estimate of drug-likeness (QED) is 0.437. The van der Waals surface area contributed by atoms with E-state index in [0.29, 0.717) is 27.0 Å². The summed E-state index contributed by atoms with van der Waals surface area (Å²) in [7, 11) is 0. The molecule has 0 fully saturated rings. The van der Waals surface area contributed by atoms with Gasteiger partial charge in [-0.05, 0) is 54.4 Å². The normalized spacial score (nSPS) is 10.3. The van der Waals surface area contributed by atoms with Gasteiger partial charge < -0.3 is 16.0 Å². The van der Waals surface area contributed by atoms with Crippen molar-refractivity contribution in [1.29, 1.82) is 0 Å². The minimum Gasteiger partial charge on any atom is -0.322 e. The maximum absolute atomic E-state index is 12.4. The Morgan fingerprint density at radius 2 is 1.45 bits per heavy atom. The zero-order chi connectivity index (χ0) is 20.8. The first-order chi connectivity index (χ1) is 13.9. The van der Waals surface area contributed by atoms with Crippen molar-refractivity contribution in [2.75, 3.05) is 16.0 Å². The van der Waals surface area contributed by atoms with E-state index in [1.54, 1.807) is 30.3 Å². The number of aryl methyl sites for hydroxylation is 1. The lowest BCUT2D eigenvalue weighted by atomic mass is 10.1. The predicted molar refractivity (Wildman–Crippen MR) is 119 cm³/mol. The van der Waals surface area contributed by atoms with Gasteiger partial charge in [0.25, 0.3) is 5.91 Å². The molecule has 0 saturated heterocycles. The van der Waals surface area contributed by atoms with Crippen molar-refractivity contribution in [2.24, 2.45) is 0 Å². The third kappa shape index (κ3) is 5.73. The molecular weight excluding hydrogens is 409 g/mol. The van der Waals surface area contributed by atoms with E-state index in [-0.39, 0.29) is 11.9 Å². The van der Waals surface area contributed by atoms with Crippen molar-refractivity contribution in [3.8, 4) is 0 Å². The van der Waals surface area contributed by atoms with Crippen LogP contribution in [0.5, 0.6) is 0 Å². The number of carbonyl (C=O) groups excluding carboxylic acids is 2. The number of halogens is 2. The Morgan fingerprint density at radius 1 is 0.793 bits per heavy atom. The maximum atomic E-state index is 12.4. The first kappa shape index (κ1) is 20.7. The zero-order valence-electron chi connectivity index (χ0n) is 15.6. The van der Waals surface area contributed by atoms with Crippen LogP contribution >= 0.6 is 23.2 Å². The molecule has 0 atom stereocenters. The monoisotopic (exact) mass is 427 g/mol. The number of hydrogen-bond donors (Lipinski definition) is 3. The molecule has 0 aliphatic rings. The lowest BCUT2D eigenvalue weighted by molar-refractivity contribution is 0.102. The van der Waals surface area contributed by atoms with Gasteiger partial charge in [-0.2, -0.15) is 0 Å². The minimum atomic E-state index is -0.365. The Kier molecular flexibility index (Phi) is 6.75.